The molecule has 1 aromatic heterocycles. The van der Waals surface area contributed by atoms with E-state index in [-0.39, 0.29) is 5.91 Å². The number of benzene rings is 2. The van der Waals surface area contributed by atoms with Gasteiger partial charge in [-0.15, -0.1) is 0 Å². The van der Waals surface area contributed by atoms with Gasteiger partial charge in [-0.3, -0.25) is 9.78 Å². The van der Waals surface area contributed by atoms with Crippen LogP contribution in [-0.4, -0.2) is 35.1 Å². The van der Waals surface area contributed by atoms with Crippen LogP contribution in [0.25, 0.3) is 17.0 Å². The van der Waals surface area contributed by atoms with Crippen LogP contribution in [0.15, 0.2) is 48.5 Å². The average Bonchev–Trinajstić information content (AvgIpc) is 2.82. The second kappa shape index (κ2) is 10.5. The van der Waals surface area contributed by atoms with Gasteiger partial charge in [0.1, 0.15) is 0 Å². The van der Waals surface area contributed by atoms with Crippen LogP contribution in [0, 0.1) is 0 Å². The van der Waals surface area contributed by atoms with Crippen molar-refractivity contribution >= 4 is 46.1 Å². The van der Waals surface area contributed by atoms with Gasteiger partial charge in [0.2, 0.25) is 0 Å². The zero-order chi connectivity index (χ0) is 23.2. The fraction of sp³-hybridized carbons (Fsp3) is 0.269. The molecule has 0 saturated heterocycles. The van der Waals surface area contributed by atoms with E-state index in [4.69, 9.17) is 21.7 Å². The third kappa shape index (κ3) is 5.71. The van der Waals surface area contributed by atoms with Gasteiger partial charge in [0, 0.05) is 46.5 Å². The Bertz CT molecular complexity index is 1210. The van der Waals surface area contributed by atoms with Gasteiger partial charge in [-0.05, 0) is 79.6 Å². The summed E-state index contributed by atoms with van der Waals surface area (Å²) in [6, 6.07) is 12.7. The number of anilines is 1. The average molecular weight is 464 g/mol. The molecule has 1 aliphatic carbocycles. The second-order valence-corrected chi connectivity index (χ2v) is 8.55. The number of aromatic nitrogens is 1. The summed E-state index contributed by atoms with van der Waals surface area (Å²) in [5.41, 5.74) is 5.79. The monoisotopic (exact) mass is 463 g/mol. The van der Waals surface area contributed by atoms with Crippen molar-refractivity contribution in [1.29, 1.82) is 0 Å². The Balaban J connectivity index is 1.34. The molecule has 0 bridgehead atoms. The smallest absolute Gasteiger partial charge is 0.328 e. The zero-order valence-electron chi connectivity index (χ0n) is 18.2. The molecule has 0 spiro atoms. The maximum Gasteiger partial charge on any atom is 0.328 e. The van der Waals surface area contributed by atoms with Gasteiger partial charge in [0.05, 0.1) is 5.52 Å². The molecule has 0 saturated carbocycles. The van der Waals surface area contributed by atoms with Crippen LogP contribution in [0.3, 0.4) is 0 Å². The van der Waals surface area contributed by atoms with E-state index < -0.39 is 5.97 Å². The molecular formula is C26H26ClN3O3. The summed E-state index contributed by atoms with van der Waals surface area (Å²) in [6.45, 7) is 1.27. The van der Waals surface area contributed by atoms with E-state index in [2.05, 4.69) is 10.6 Å². The predicted molar refractivity (Wildman–Crippen MR) is 132 cm³/mol. The van der Waals surface area contributed by atoms with Gasteiger partial charge >= 0.3 is 5.97 Å². The number of nitrogens with one attached hydrogen (secondary N) is 2. The Morgan fingerprint density at radius 1 is 1.06 bits per heavy atom. The molecule has 0 aliphatic heterocycles. The third-order valence-electron chi connectivity index (χ3n) is 5.76. The Kier molecular flexibility index (Phi) is 7.25. The van der Waals surface area contributed by atoms with Crippen LogP contribution in [0.1, 0.15) is 46.4 Å². The first-order valence-corrected chi connectivity index (χ1v) is 11.5. The summed E-state index contributed by atoms with van der Waals surface area (Å²) in [7, 11) is 0. The van der Waals surface area contributed by atoms with E-state index in [1.54, 1.807) is 24.3 Å². The quantitative estimate of drug-likeness (QED) is 0.319. The maximum atomic E-state index is 12.4. The summed E-state index contributed by atoms with van der Waals surface area (Å²) >= 11 is 6.19. The Labute approximate surface area is 197 Å². The molecule has 0 radical (unpaired) electrons. The second-order valence-electron chi connectivity index (χ2n) is 8.11. The fourth-order valence-corrected chi connectivity index (χ4v) is 4.29. The fourth-order valence-electron chi connectivity index (χ4n) is 4.12. The van der Waals surface area contributed by atoms with Gasteiger partial charge in [-0.1, -0.05) is 23.7 Å². The number of rotatable bonds is 8. The molecule has 0 fully saturated rings. The van der Waals surface area contributed by atoms with Gasteiger partial charge in [-0.25, -0.2) is 4.79 Å². The molecule has 1 aliphatic rings. The van der Waals surface area contributed by atoms with E-state index in [0.29, 0.717) is 17.1 Å². The first kappa shape index (κ1) is 22.8. The summed E-state index contributed by atoms with van der Waals surface area (Å²) in [5, 5.41) is 17.0. The number of carboxylic acid groups (broad SMARTS) is 1. The van der Waals surface area contributed by atoms with E-state index >= 15 is 0 Å². The Morgan fingerprint density at radius 2 is 1.85 bits per heavy atom. The number of aliphatic carboxylic acids is 1. The van der Waals surface area contributed by atoms with Crippen LogP contribution in [0.2, 0.25) is 5.02 Å². The van der Waals surface area contributed by atoms with Crippen LogP contribution < -0.4 is 10.6 Å². The zero-order valence-corrected chi connectivity index (χ0v) is 19.0. The van der Waals surface area contributed by atoms with E-state index in [1.807, 2.05) is 18.2 Å². The van der Waals surface area contributed by atoms with Gasteiger partial charge in [0.15, 0.2) is 0 Å². The number of carbonyl (C=O) groups is 2. The van der Waals surface area contributed by atoms with Crippen molar-refractivity contribution < 1.29 is 14.7 Å². The number of nitrogens with zero attached hydrogens (tertiary/aromatic N) is 1. The normalized spacial score (nSPS) is 13.1. The predicted octanol–water partition coefficient (Wildman–Crippen LogP) is 5.10. The van der Waals surface area contributed by atoms with Crippen molar-refractivity contribution in [2.75, 3.05) is 18.4 Å². The van der Waals surface area contributed by atoms with Crippen LogP contribution in [0.5, 0.6) is 0 Å². The number of hydrogen-bond acceptors (Lipinski definition) is 4. The number of pyridine rings is 1. The van der Waals surface area contributed by atoms with Gasteiger partial charge in [-0.2, -0.15) is 0 Å². The number of fused-ring (bicyclic) bond motifs is 2. The van der Waals surface area contributed by atoms with Crippen molar-refractivity contribution in [2.45, 2.75) is 32.1 Å². The van der Waals surface area contributed by atoms with E-state index in [1.165, 1.54) is 18.1 Å². The molecule has 4 rings (SSSR count). The van der Waals surface area contributed by atoms with E-state index in [0.717, 1.165) is 66.2 Å². The molecule has 7 heteroatoms. The number of hydrogen-bond donors (Lipinski definition) is 3. The molecule has 0 unspecified atom stereocenters. The molecule has 3 N–H and O–H groups in total. The van der Waals surface area contributed by atoms with Crippen LogP contribution >= 0.6 is 11.6 Å². The highest BCUT2D eigenvalue weighted by Gasteiger charge is 2.18. The number of halogens is 1. The SMILES string of the molecule is O=C(O)C=Cc1ccc(C(=O)NCCCNc2c3c(nc4cc(Cl)ccc24)CCCC3)cc1. The minimum atomic E-state index is -1.01. The highest BCUT2D eigenvalue weighted by Crippen LogP contribution is 2.34. The van der Waals surface area contributed by atoms with Crippen molar-refractivity contribution in [3.05, 3.63) is 75.9 Å². The first-order chi connectivity index (χ1) is 16.0. The molecule has 3 aromatic rings. The Hall–Kier alpha value is -3.38. The highest BCUT2D eigenvalue weighted by molar-refractivity contribution is 6.31. The third-order valence-corrected chi connectivity index (χ3v) is 5.99. The molecule has 6 nitrogen and oxygen atoms in total. The first-order valence-electron chi connectivity index (χ1n) is 11.2. The minimum absolute atomic E-state index is 0.148. The van der Waals surface area contributed by atoms with Gasteiger partial charge < -0.3 is 15.7 Å². The molecule has 170 valence electrons. The molecule has 2 aromatic carbocycles. The number of aryl methyl sites for hydroxylation is 1. The number of carbonyl (C=O) groups excluding carboxylic acids is 1. The van der Waals surface area contributed by atoms with Crippen molar-refractivity contribution in [3.63, 3.8) is 0 Å². The van der Waals surface area contributed by atoms with Crippen LogP contribution in [0.4, 0.5) is 5.69 Å². The lowest BCUT2D eigenvalue weighted by Gasteiger charge is -2.22. The van der Waals surface area contributed by atoms with Gasteiger partial charge in [0.25, 0.3) is 5.91 Å². The van der Waals surface area contributed by atoms with Crippen molar-refractivity contribution in [1.82, 2.24) is 10.3 Å². The summed E-state index contributed by atoms with van der Waals surface area (Å²) in [6.07, 6.45) is 7.69. The minimum Gasteiger partial charge on any atom is -0.478 e. The Morgan fingerprint density at radius 3 is 2.64 bits per heavy atom. The number of amides is 1. The maximum absolute atomic E-state index is 12.4. The molecular weight excluding hydrogens is 438 g/mol. The van der Waals surface area contributed by atoms with Crippen LogP contribution in [-0.2, 0) is 17.6 Å². The lowest BCUT2D eigenvalue weighted by atomic mass is 9.92. The highest BCUT2D eigenvalue weighted by atomic mass is 35.5. The molecule has 1 heterocycles. The summed E-state index contributed by atoms with van der Waals surface area (Å²) in [5.74, 6) is -1.15. The molecule has 33 heavy (non-hydrogen) atoms. The summed E-state index contributed by atoms with van der Waals surface area (Å²) < 4.78 is 0. The molecule has 0 atom stereocenters. The lowest BCUT2D eigenvalue weighted by molar-refractivity contribution is -0.131. The summed E-state index contributed by atoms with van der Waals surface area (Å²) in [4.78, 5) is 27.8. The largest absolute Gasteiger partial charge is 0.478 e. The lowest BCUT2D eigenvalue weighted by Crippen LogP contribution is -2.26. The van der Waals surface area contributed by atoms with Crippen molar-refractivity contribution in [2.24, 2.45) is 0 Å². The molecule has 1 amide bonds. The topological polar surface area (TPSA) is 91.3 Å². The standard InChI is InChI=1S/C26H26ClN3O3/c27-19-11-12-21-23(16-19)30-22-5-2-1-4-20(22)25(21)28-14-3-15-29-26(33)18-9-6-17(7-10-18)8-13-24(31)32/h6-13,16H,1-5,14-15H2,(H,28,30)(H,29,33)(H,31,32). The number of carboxylic acids is 1. The van der Waals surface area contributed by atoms with Crippen molar-refractivity contribution in [3.8, 4) is 0 Å². The van der Waals surface area contributed by atoms with E-state index in [9.17, 15) is 9.59 Å².